The Labute approximate surface area is 127 Å². The summed E-state index contributed by atoms with van der Waals surface area (Å²) in [4.78, 5) is 2.77. The molecule has 2 aliphatic rings. The van der Waals surface area contributed by atoms with Crippen molar-refractivity contribution in [1.29, 1.82) is 0 Å². The van der Waals surface area contributed by atoms with Crippen molar-refractivity contribution in [1.82, 2.24) is 10.2 Å². The first-order valence-electron chi connectivity index (χ1n) is 7.90. The van der Waals surface area contributed by atoms with Crippen molar-refractivity contribution >= 4 is 11.8 Å². The number of hydrogen-bond acceptors (Lipinski definition) is 3. The van der Waals surface area contributed by atoms with Crippen molar-refractivity contribution in [2.75, 3.05) is 31.6 Å². The van der Waals surface area contributed by atoms with E-state index in [0.29, 0.717) is 6.04 Å². The van der Waals surface area contributed by atoms with Crippen molar-refractivity contribution in [3.8, 4) is 0 Å². The van der Waals surface area contributed by atoms with Gasteiger partial charge >= 0.3 is 0 Å². The predicted octanol–water partition coefficient (Wildman–Crippen LogP) is 3.16. The summed E-state index contributed by atoms with van der Waals surface area (Å²) in [5.74, 6) is 2.26. The van der Waals surface area contributed by atoms with Gasteiger partial charge in [-0.2, -0.15) is 11.8 Å². The highest BCUT2D eigenvalue weighted by Crippen LogP contribution is 2.37. The summed E-state index contributed by atoms with van der Waals surface area (Å²) in [6.07, 6.45) is 6.43. The topological polar surface area (TPSA) is 15.3 Å². The molecule has 3 rings (SSSR count). The fraction of sp³-hybridized carbons (Fsp3) is 0.647. The minimum Gasteiger partial charge on any atom is -0.307 e. The zero-order valence-corrected chi connectivity index (χ0v) is 13.2. The number of hydrogen-bond donors (Lipinski definition) is 1. The van der Waals surface area contributed by atoms with E-state index in [1.54, 1.807) is 0 Å². The van der Waals surface area contributed by atoms with Gasteiger partial charge in [0.1, 0.15) is 0 Å². The lowest BCUT2D eigenvalue weighted by Gasteiger charge is -2.41. The van der Waals surface area contributed by atoms with E-state index >= 15 is 0 Å². The molecule has 110 valence electrons. The Morgan fingerprint density at radius 2 is 2.05 bits per heavy atom. The number of piperazine rings is 1. The predicted molar refractivity (Wildman–Crippen MR) is 88.3 cm³/mol. The van der Waals surface area contributed by atoms with Crippen LogP contribution in [0.2, 0.25) is 0 Å². The maximum atomic E-state index is 3.78. The lowest BCUT2D eigenvalue weighted by molar-refractivity contribution is 0.115. The lowest BCUT2D eigenvalue weighted by atomic mass is 9.99. The highest BCUT2D eigenvalue weighted by Gasteiger charge is 2.38. The van der Waals surface area contributed by atoms with E-state index in [-0.39, 0.29) is 0 Å². The van der Waals surface area contributed by atoms with E-state index in [9.17, 15) is 0 Å². The van der Waals surface area contributed by atoms with Crippen LogP contribution < -0.4 is 5.32 Å². The van der Waals surface area contributed by atoms with Gasteiger partial charge in [-0.1, -0.05) is 30.3 Å². The van der Waals surface area contributed by atoms with E-state index in [2.05, 4.69) is 46.8 Å². The molecule has 0 aromatic heterocycles. The molecule has 0 spiro atoms. The Morgan fingerprint density at radius 3 is 2.75 bits per heavy atom. The molecule has 2 atom stereocenters. The molecule has 20 heavy (non-hydrogen) atoms. The summed E-state index contributed by atoms with van der Waals surface area (Å²) in [7, 11) is 0. The van der Waals surface area contributed by atoms with Crippen molar-refractivity contribution in [2.24, 2.45) is 5.92 Å². The van der Waals surface area contributed by atoms with Gasteiger partial charge in [0, 0.05) is 25.2 Å². The lowest BCUT2D eigenvalue weighted by Crippen LogP contribution is -2.53. The van der Waals surface area contributed by atoms with Crippen molar-refractivity contribution in [3.63, 3.8) is 0 Å². The van der Waals surface area contributed by atoms with E-state index in [1.165, 1.54) is 50.2 Å². The van der Waals surface area contributed by atoms with E-state index in [4.69, 9.17) is 0 Å². The van der Waals surface area contributed by atoms with Gasteiger partial charge in [-0.25, -0.2) is 0 Å². The SMILES string of the molecule is CSCCCN1CC(c2ccccc2)NCC1C1CC1. The quantitative estimate of drug-likeness (QED) is 0.810. The van der Waals surface area contributed by atoms with Crippen LogP contribution >= 0.6 is 11.8 Å². The molecule has 0 amide bonds. The Bertz CT molecular complexity index is 405. The second-order valence-electron chi connectivity index (χ2n) is 6.12. The van der Waals surface area contributed by atoms with Gasteiger partial charge in [0.2, 0.25) is 0 Å². The van der Waals surface area contributed by atoms with Gasteiger partial charge in [0.25, 0.3) is 0 Å². The van der Waals surface area contributed by atoms with Crippen molar-refractivity contribution in [3.05, 3.63) is 35.9 Å². The third kappa shape index (κ3) is 3.57. The summed E-state index contributed by atoms with van der Waals surface area (Å²) < 4.78 is 0. The number of thioether (sulfide) groups is 1. The third-order valence-corrected chi connectivity index (χ3v) is 5.32. The van der Waals surface area contributed by atoms with Gasteiger partial charge < -0.3 is 5.32 Å². The molecule has 2 fully saturated rings. The second kappa shape index (κ2) is 6.97. The smallest absolute Gasteiger partial charge is 0.0449 e. The van der Waals surface area contributed by atoms with Crippen LogP contribution in [0.25, 0.3) is 0 Å². The second-order valence-corrected chi connectivity index (χ2v) is 7.10. The largest absolute Gasteiger partial charge is 0.307 e. The highest BCUT2D eigenvalue weighted by molar-refractivity contribution is 7.98. The van der Waals surface area contributed by atoms with Crippen molar-refractivity contribution in [2.45, 2.75) is 31.3 Å². The molecule has 1 saturated carbocycles. The van der Waals surface area contributed by atoms with Gasteiger partial charge in [-0.05, 0) is 49.3 Å². The molecule has 1 aliphatic heterocycles. The summed E-state index contributed by atoms with van der Waals surface area (Å²) in [6, 6.07) is 12.2. The van der Waals surface area contributed by atoms with Crippen LogP contribution in [0.4, 0.5) is 0 Å². The summed E-state index contributed by atoms with van der Waals surface area (Å²) in [6.45, 7) is 3.62. The fourth-order valence-electron chi connectivity index (χ4n) is 3.35. The Morgan fingerprint density at radius 1 is 1.25 bits per heavy atom. The number of nitrogens with one attached hydrogen (secondary N) is 1. The van der Waals surface area contributed by atoms with Crippen molar-refractivity contribution < 1.29 is 0 Å². The normalized spacial score (nSPS) is 27.6. The molecule has 1 saturated heterocycles. The molecule has 1 aliphatic carbocycles. The van der Waals surface area contributed by atoms with Gasteiger partial charge in [-0.15, -0.1) is 0 Å². The maximum absolute atomic E-state index is 3.78. The molecule has 2 nitrogen and oxygen atoms in total. The van der Waals surface area contributed by atoms with Crippen LogP contribution in [-0.4, -0.2) is 42.6 Å². The fourth-order valence-corrected chi connectivity index (χ4v) is 3.77. The highest BCUT2D eigenvalue weighted by atomic mass is 32.2. The minimum atomic E-state index is 0.514. The monoisotopic (exact) mass is 290 g/mol. The van der Waals surface area contributed by atoms with Crippen LogP contribution in [0.15, 0.2) is 30.3 Å². The van der Waals surface area contributed by atoms with E-state index in [0.717, 1.165) is 12.0 Å². The Balaban J connectivity index is 1.63. The number of nitrogens with zero attached hydrogens (tertiary/aromatic N) is 1. The first-order valence-corrected chi connectivity index (χ1v) is 9.29. The zero-order valence-electron chi connectivity index (χ0n) is 12.4. The van der Waals surface area contributed by atoms with Crippen LogP contribution in [-0.2, 0) is 0 Å². The summed E-state index contributed by atoms with van der Waals surface area (Å²) in [5, 5.41) is 3.78. The van der Waals surface area contributed by atoms with E-state index < -0.39 is 0 Å². The van der Waals surface area contributed by atoms with Gasteiger partial charge in [0.05, 0.1) is 0 Å². The van der Waals surface area contributed by atoms with Crippen LogP contribution in [0.1, 0.15) is 30.9 Å². The molecular weight excluding hydrogens is 264 g/mol. The third-order valence-electron chi connectivity index (χ3n) is 4.62. The first-order chi connectivity index (χ1) is 9.88. The molecule has 2 unspecified atom stereocenters. The maximum Gasteiger partial charge on any atom is 0.0449 e. The zero-order chi connectivity index (χ0) is 13.8. The molecule has 1 aromatic carbocycles. The standard InChI is InChI=1S/C17H26N2S/c1-20-11-5-10-19-13-16(14-6-3-2-4-7-14)18-12-17(19)15-8-9-15/h2-4,6-7,15-18H,5,8-13H2,1H3. The number of rotatable bonds is 6. The molecular formula is C17H26N2S. The Hall–Kier alpha value is -0.510. The average Bonchev–Trinajstić information content (AvgIpc) is 3.33. The van der Waals surface area contributed by atoms with E-state index in [1.807, 2.05) is 11.8 Å². The first kappa shape index (κ1) is 14.4. The van der Waals surface area contributed by atoms with Gasteiger partial charge in [0.15, 0.2) is 0 Å². The van der Waals surface area contributed by atoms with Crippen LogP contribution in [0, 0.1) is 5.92 Å². The van der Waals surface area contributed by atoms with Crippen LogP contribution in [0.5, 0.6) is 0 Å². The number of benzene rings is 1. The molecule has 0 radical (unpaired) electrons. The molecule has 3 heteroatoms. The molecule has 0 bridgehead atoms. The summed E-state index contributed by atoms with van der Waals surface area (Å²) in [5.41, 5.74) is 1.44. The minimum absolute atomic E-state index is 0.514. The molecule has 1 heterocycles. The Kier molecular flexibility index (Phi) is 5.03. The molecule has 1 N–H and O–H groups in total. The average molecular weight is 290 g/mol. The van der Waals surface area contributed by atoms with Crippen LogP contribution in [0.3, 0.4) is 0 Å². The molecule has 1 aromatic rings. The summed E-state index contributed by atoms with van der Waals surface area (Å²) >= 11 is 1.97. The van der Waals surface area contributed by atoms with Gasteiger partial charge in [-0.3, -0.25) is 4.90 Å².